The molecular formula is C21H22N4O2S. The summed E-state index contributed by atoms with van der Waals surface area (Å²) in [7, 11) is 0. The summed E-state index contributed by atoms with van der Waals surface area (Å²) in [6.07, 6.45) is 1.43. The lowest BCUT2D eigenvalue weighted by Crippen LogP contribution is -2.40. The SMILES string of the molecule is CC(=O)N1CCC(C(=O)Nc2ccc(Sc3nc4ccccc4[nH]3)cc2)CC1. The Bertz CT molecular complexity index is 958. The highest BCUT2D eigenvalue weighted by Crippen LogP contribution is 2.28. The number of piperidine rings is 1. The van der Waals surface area contributed by atoms with Gasteiger partial charge in [-0.05, 0) is 49.2 Å². The van der Waals surface area contributed by atoms with Gasteiger partial charge < -0.3 is 15.2 Å². The van der Waals surface area contributed by atoms with Gasteiger partial charge in [0.2, 0.25) is 11.8 Å². The van der Waals surface area contributed by atoms with Crippen LogP contribution in [0.5, 0.6) is 0 Å². The van der Waals surface area contributed by atoms with Crippen molar-refractivity contribution in [2.45, 2.75) is 29.8 Å². The molecule has 0 spiro atoms. The number of fused-ring (bicyclic) bond motifs is 1. The molecule has 1 aromatic heterocycles. The molecule has 0 unspecified atom stereocenters. The van der Waals surface area contributed by atoms with E-state index in [4.69, 9.17) is 0 Å². The van der Waals surface area contributed by atoms with Crippen LogP contribution in [0.25, 0.3) is 11.0 Å². The Labute approximate surface area is 167 Å². The number of nitrogens with zero attached hydrogens (tertiary/aromatic N) is 2. The first kappa shape index (κ1) is 18.6. The van der Waals surface area contributed by atoms with Crippen LogP contribution in [-0.2, 0) is 9.59 Å². The van der Waals surface area contributed by atoms with Gasteiger partial charge in [-0.3, -0.25) is 9.59 Å². The first-order chi connectivity index (χ1) is 13.6. The van der Waals surface area contributed by atoms with Gasteiger partial charge in [0.25, 0.3) is 0 Å². The van der Waals surface area contributed by atoms with Crippen LogP contribution in [0.4, 0.5) is 5.69 Å². The van der Waals surface area contributed by atoms with E-state index >= 15 is 0 Å². The quantitative estimate of drug-likeness (QED) is 0.703. The summed E-state index contributed by atoms with van der Waals surface area (Å²) < 4.78 is 0. The summed E-state index contributed by atoms with van der Waals surface area (Å²) in [5.74, 6) is 0.0671. The van der Waals surface area contributed by atoms with Crippen LogP contribution in [0.15, 0.2) is 58.6 Å². The number of hydrogen-bond donors (Lipinski definition) is 2. The summed E-state index contributed by atoms with van der Waals surface area (Å²) >= 11 is 1.56. The number of aromatic amines is 1. The molecule has 7 heteroatoms. The molecule has 3 aromatic rings. The number of hydrogen-bond acceptors (Lipinski definition) is 4. The van der Waals surface area contributed by atoms with Crippen molar-refractivity contribution in [3.63, 3.8) is 0 Å². The minimum absolute atomic E-state index is 0.0286. The topological polar surface area (TPSA) is 78.1 Å². The van der Waals surface area contributed by atoms with Gasteiger partial charge in [0.15, 0.2) is 5.16 Å². The van der Waals surface area contributed by atoms with Gasteiger partial charge >= 0.3 is 0 Å². The lowest BCUT2D eigenvalue weighted by atomic mass is 9.96. The third-order valence-corrected chi connectivity index (χ3v) is 5.91. The normalized spacial score (nSPS) is 15.0. The number of rotatable bonds is 4. The maximum Gasteiger partial charge on any atom is 0.227 e. The Kier molecular flexibility index (Phi) is 5.34. The second-order valence-corrected chi connectivity index (χ2v) is 8.02. The lowest BCUT2D eigenvalue weighted by molar-refractivity contribution is -0.132. The fourth-order valence-corrected chi connectivity index (χ4v) is 4.20. The molecule has 0 radical (unpaired) electrons. The molecular weight excluding hydrogens is 372 g/mol. The van der Waals surface area contributed by atoms with Crippen LogP contribution < -0.4 is 5.32 Å². The summed E-state index contributed by atoms with van der Waals surface area (Å²) in [6, 6.07) is 15.7. The van der Waals surface area contributed by atoms with E-state index in [1.165, 1.54) is 0 Å². The van der Waals surface area contributed by atoms with Gasteiger partial charge in [-0.15, -0.1) is 0 Å². The second-order valence-electron chi connectivity index (χ2n) is 6.96. The predicted octanol–water partition coefficient (Wildman–Crippen LogP) is 3.91. The van der Waals surface area contributed by atoms with E-state index in [0.29, 0.717) is 25.9 Å². The van der Waals surface area contributed by atoms with Crippen LogP contribution in [0.1, 0.15) is 19.8 Å². The summed E-state index contributed by atoms with van der Waals surface area (Å²) in [4.78, 5) is 34.6. The number of benzene rings is 2. The Hall–Kier alpha value is -2.80. The van der Waals surface area contributed by atoms with E-state index in [9.17, 15) is 9.59 Å². The molecule has 28 heavy (non-hydrogen) atoms. The monoisotopic (exact) mass is 394 g/mol. The molecule has 0 aliphatic carbocycles. The number of carbonyl (C=O) groups excluding carboxylic acids is 2. The Morgan fingerprint density at radius 3 is 2.50 bits per heavy atom. The molecule has 1 saturated heterocycles. The van der Waals surface area contributed by atoms with E-state index in [1.54, 1.807) is 23.6 Å². The Balaban J connectivity index is 1.34. The van der Waals surface area contributed by atoms with E-state index in [-0.39, 0.29) is 17.7 Å². The Morgan fingerprint density at radius 2 is 1.82 bits per heavy atom. The molecule has 2 N–H and O–H groups in total. The summed E-state index contributed by atoms with van der Waals surface area (Å²) in [6.45, 7) is 2.88. The number of imidazole rings is 1. The number of H-pyrrole nitrogens is 1. The van der Waals surface area contributed by atoms with Crippen molar-refractivity contribution in [2.24, 2.45) is 5.92 Å². The molecule has 0 bridgehead atoms. The predicted molar refractivity (Wildman–Crippen MR) is 110 cm³/mol. The van der Waals surface area contributed by atoms with E-state index in [2.05, 4.69) is 15.3 Å². The number of amides is 2. The zero-order chi connectivity index (χ0) is 19.5. The summed E-state index contributed by atoms with van der Waals surface area (Å²) in [5, 5.41) is 3.84. The maximum absolute atomic E-state index is 12.5. The average Bonchev–Trinajstić information content (AvgIpc) is 3.12. The highest BCUT2D eigenvalue weighted by Gasteiger charge is 2.25. The van der Waals surface area contributed by atoms with Crippen LogP contribution in [0.3, 0.4) is 0 Å². The van der Waals surface area contributed by atoms with Crippen molar-refractivity contribution < 1.29 is 9.59 Å². The van der Waals surface area contributed by atoms with Crippen molar-refractivity contribution in [2.75, 3.05) is 18.4 Å². The highest BCUT2D eigenvalue weighted by molar-refractivity contribution is 7.99. The molecule has 1 aliphatic heterocycles. The zero-order valence-electron chi connectivity index (χ0n) is 15.6. The van der Waals surface area contributed by atoms with E-state index in [0.717, 1.165) is 26.8 Å². The van der Waals surface area contributed by atoms with Gasteiger partial charge in [0.1, 0.15) is 0 Å². The number of anilines is 1. The van der Waals surface area contributed by atoms with Gasteiger partial charge in [0.05, 0.1) is 11.0 Å². The fraction of sp³-hybridized carbons (Fsp3) is 0.286. The van der Waals surface area contributed by atoms with Gasteiger partial charge in [-0.1, -0.05) is 23.9 Å². The number of para-hydroxylation sites is 2. The van der Waals surface area contributed by atoms with Crippen LogP contribution in [0.2, 0.25) is 0 Å². The molecule has 2 amide bonds. The Morgan fingerprint density at radius 1 is 1.11 bits per heavy atom. The van der Waals surface area contributed by atoms with Crippen molar-refractivity contribution in [1.29, 1.82) is 0 Å². The minimum atomic E-state index is -0.0415. The maximum atomic E-state index is 12.5. The van der Waals surface area contributed by atoms with Crippen LogP contribution in [-0.4, -0.2) is 39.8 Å². The molecule has 1 fully saturated rings. The van der Waals surface area contributed by atoms with E-state index in [1.807, 2.05) is 48.5 Å². The lowest BCUT2D eigenvalue weighted by Gasteiger charge is -2.30. The molecule has 2 heterocycles. The third kappa shape index (κ3) is 4.20. The number of carbonyl (C=O) groups is 2. The van der Waals surface area contributed by atoms with Gasteiger partial charge in [-0.2, -0.15) is 0 Å². The molecule has 0 atom stereocenters. The van der Waals surface area contributed by atoms with Gasteiger partial charge in [0, 0.05) is 36.5 Å². The molecule has 1 aliphatic rings. The smallest absolute Gasteiger partial charge is 0.227 e. The van der Waals surface area contributed by atoms with E-state index < -0.39 is 0 Å². The highest BCUT2D eigenvalue weighted by atomic mass is 32.2. The molecule has 0 saturated carbocycles. The largest absolute Gasteiger partial charge is 0.343 e. The zero-order valence-corrected chi connectivity index (χ0v) is 16.5. The number of likely N-dealkylation sites (tertiary alicyclic amines) is 1. The molecule has 144 valence electrons. The van der Waals surface area contributed by atoms with Crippen molar-refractivity contribution >= 4 is 40.3 Å². The first-order valence-electron chi connectivity index (χ1n) is 9.37. The number of nitrogens with one attached hydrogen (secondary N) is 2. The molecule has 4 rings (SSSR count). The minimum Gasteiger partial charge on any atom is -0.343 e. The number of aromatic nitrogens is 2. The van der Waals surface area contributed by atoms with Crippen molar-refractivity contribution in [3.05, 3.63) is 48.5 Å². The fourth-order valence-electron chi connectivity index (χ4n) is 3.40. The molecule has 2 aromatic carbocycles. The third-order valence-electron chi connectivity index (χ3n) is 5.02. The van der Waals surface area contributed by atoms with Crippen LogP contribution in [0, 0.1) is 5.92 Å². The molecule has 6 nitrogen and oxygen atoms in total. The van der Waals surface area contributed by atoms with Crippen LogP contribution >= 0.6 is 11.8 Å². The van der Waals surface area contributed by atoms with Gasteiger partial charge in [-0.25, -0.2) is 4.98 Å². The standard InChI is InChI=1S/C21H22N4O2S/c1-14(26)25-12-10-15(11-13-25)20(27)22-16-6-8-17(9-7-16)28-21-23-18-4-2-3-5-19(18)24-21/h2-9,15H,10-13H2,1H3,(H,22,27)(H,23,24). The van der Waals surface area contributed by atoms with Crippen molar-refractivity contribution in [1.82, 2.24) is 14.9 Å². The van der Waals surface area contributed by atoms with Crippen molar-refractivity contribution in [3.8, 4) is 0 Å². The first-order valence-corrected chi connectivity index (χ1v) is 10.2. The second kappa shape index (κ2) is 8.06. The average molecular weight is 395 g/mol. The summed E-state index contributed by atoms with van der Waals surface area (Å²) in [5.41, 5.74) is 2.75.